The first-order chi connectivity index (χ1) is 9.60. The maximum absolute atomic E-state index is 11.5. The lowest BCUT2D eigenvalue weighted by Crippen LogP contribution is -2.15. The zero-order valence-corrected chi connectivity index (χ0v) is 11.4. The zero-order chi connectivity index (χ0) is 15.0. The summed E-state index contributed by atoms with van der Waals surface area (Å²) in [6.45, 7) is 0.0719. The van der Waals surface area contributed by atoms with Gasteiger partial charge in [0, 0.05) is 12.3 Å². The van der Waals surface area contributed by atoms with E-state index in [2.05, 4.69) is 14.8 Å². The van der Waals surface area contributed by atoms with Crippen molar-refractivity contribution in [1.82, 2.24) is 0 Å². The van der Waals surface area contributed by atoms with E-state index in [4.69, 9.17) is 5.11 Å². The summed E-state index contributed by atoms with van der Waals surface area (Å²) >= 11 is 0. The molecule has 1 aromatic rings. The highest BCUT2D eigenvalue weighted by Crippen LogP contribution is 2.13. The molecule has 0 radical (unpaired) electrons. The number of ether oxygens (including phenoxy) is 2. The first-order valence-corrected chi connectivity index (χ1v) is 5.95. The molecule has 0 bridgehead atoms. The lowest BCUT2D eigenvalue weighted by atomic mass is 10.1. The van der Waals surface area contributed by atoms with Crippen molar-refractivity contribution in [3.8, 4) is 0 Å². The summed E-state index contributed by atoms with van der Waals surface area (Å²) in [6.07, 6.45) is 1.58. The summed E-state index contributed by atoms with van der Waals surface area (Å²) in [6, 6.07) is 7.09. The van der Waals surface area contributed by atoms with E-state index >= 15 is 0 Å². The van der Waals surface area contributed by atoms with E-state index in [1.807, 2.05) is 12.1 Å². The van der Waals surface area contributed by atoms with Crippen molar-refractivity contribution in [2.24, 2.45) is 0 Å². The summed E-state index contributed by atoms with van der Waals surface area (Å²) in [7, 11) is 2.44. The van der Waals surface area contributed by atoms with Crippen LogP contribution in [0.2, 0.25) is 0 Å². The van der Waals surface area contributed by atoms with E-state index in [1.54, 1.807) is 12.1 Å². The maximum Gasteiger partial charge on any atom is 0.354 e. The Kier molecular flexibility index (Phi) is 6.25. The number of esters is 2. The van der Waals surface area contributed by atoms with Gasteiger partial charge in [-0.2, -0.15) is 0 Å². The highest BCUT2D eigenvalue weighted by molar-refractivity contribution is 5.98. The number of rotatable bonds is 6. The molecule has 1 rings (SSSR count). The minimum atomic E-state index is -0.671. The molecule has 0 atom stereocenters. The van der Waals surface area contributed by atoms with Gasteiger partial charge < -0.3 is 19.9 Å². The van der Waals surface area contributed by atoms with Gasteiger partial charge in [-0.15, -0.1) is 0 Å². The molecule has 6 nitrogen and oxygen atoms in total. The number of nitrogens with one attached hydrogen (secondary N) is 1. The fourth-order valence-corrected chi connectivity index (χ4v) is 1.47. The molecule has 0 aromatic heterocycles. The first-order valence-electron chi connectivity index (χ1n) is 5.95. The third kappa shape index (κ3) is 4.74. The van der Waals surface area contributed by atoms with E-state index in [-0.39, 0.29) is 12.3 Å². The van der Waals surface area contributed by atoms with Crippen molar-refractivity contribution in [2.75, 3.05) is 26.1 Å². The topological polar surface area (TPSA) is 84.9 Å². The molecule has 0 aliphatic carbocycles. The van der Waals surface area contributed by atoms with Crippen LogP contribution in [-0.4, -0.2) is 37.9 Å². The van der Waals surface area contributed by atoms with Crippen LogP contribution in [0.25, 0.3) is 0 Å². The highest BCUT2D eigenvalue weighted by atomic mass is 16.5. The number of benzene rings is 1. The fraction of sp³-hybridized carbons (Fsp3) is 0.286. The number of hydrogen-bond acceptors (Lipinski definition) is 6. The zero-order valence-electron chi connectivity index (χ0n) is 11.4. The lowest BCUT2D eigenvalue weighted by molar-refractivity contribution is -0.138. The minimum Gasteiger partial charge on any atom is -0.466 e. The molecule has 108 valence electrons. The first kappa shape index (κ1) is 15.7. The predicted molar refractivity (Wildman–Crippen MR) is 73.0 cm³/mol. The molecule has 2 N–H and O–H groups in total. The fourth-order valence-electron chi connectivity index (χ4n) is 1.47. The second-order valence-corrected chi connectivity index (χ2v) is 3.87. The van der Waals surface area contributed by atoms with E-state index in [1.165, 1.54) is 14.2 Å². The van der Waals surface area contributed by atoms with Crippen molar-refractivity contribution in [2.45, 2.75) is 6.42 Å². The van der Waals surface area contributed by atoms with Gasteiger partial charge in [-0.25, -0.2) is 9.59 Å². The third-order valence-electron chi connectivity index (χ3n) is 2.50. The van der Waals surface area contributed by atoms with Crippen LogP contribution in [0.4, 0.5) is 5.69 Å². The number of methoxy groups -OCH3 is 2. The Hall–Kier alpha value is -2.34. The summed E-state index contributed by atoms with van der Waals surface area (Å²) < 4.78 is 9.05. The second-order valence-electron chi connectivity index (χ2n) is 3.87. The van der Waals surface area contributed by atoms with Crippen molar-refractivity contribution in [1.29, 1.82) is 0 Å². The average Bonchev–Trinajstić information content (AvgIpc) is 2.47. The Labute approximate surface area is 117 Å². The van der Waals surface area contributed by atoms with Gasteiger partial charge in [0.25, 0.3) is 0 Å². The average molecular weight is 279 g/mol. The smallest absolute Gasteiger partial charge is 0.354 e. The number of hydrogen-bond donors (Lipinski definition) is 2. The Morgan fingerprint density at radius 1 is 1.20 bits per heavy atom. The molecule has 0 heterocycles. The SMILES string of the molecule is COC(=O)/C=C(/Nc1ccc(CCO)cc1)C(=O)OC. The largest absolute Gasteiger partial charge is 0.466 e. The van der Waals surface area contributed by atoms with Crippen LogP contribution >= 0.6 is 0 Å². The summed E-state index contributed by atoms with van der Waals surface area (Å²) in [5, 5.41) is 11.6. The number of anilines is 1. The van der Waals surface area contributed by atoms with Crippen LogP contribution in [0.1, 0.15) is 5.56 Å². The summed E-state index contributed by atoms with van der Waals surface area (Å²) in [4.78, 5) is 22.7. The van der Waals surface area contributed by atoms with Crippen LogP contribution < -0.4 is 5.32 Å². The number of carbonyl (C=O) groups is 2. The van der Waals surface area contributed by atoms with Gasteiger partial charge in [-0.3, -0.25) is 0 Å². The summed E-state index contributed by atoms with van der Waals surface area (Å²) in [5.41, 5.74) is 1.57. The quantitative estimate of drug-likeness (QED) is 0.593. The normalized spacial score (nSPS) is 10.8. The number of aliphatic hydroxyl groups excluding tert-OH is 1. The molecule has 0 spiro atoms. The van der Waals surface area contributed by atoms with Crippen molar-refractivity contribution in [3.63, 3.8) is 0 Å². The third-order valence-corrected chi connectivity index (χ3v) is 2.50. The maximum atomic E-state index is 11.5. The Morgan fingerprint density at radius 3 is 2.35 bits per heavy atom. The molecule has 0 aliphatic rings. The monoisotopic (exact) mass is 279 g/mol. The van der Waals surface area contributed by atoms with E-state index < -0.39 is 11.9 Å². The molecule has 0 amide bonds. The lowest BCUT2D eigenvalue weighted by Gasteiger charge is -2.09. The van der Waals surface area contributed by atoms with Gasteiger partial charge in [0.05, 0.1) is 20.3 Å². The molecule has 20 heavy (non-hydrogen) atoms. The van der Waals surface area contributed by atoms with Crippen LogP contribution in [0.5, 0.6) is 0 Å². The Morgan fingerprint density at radius 2 is 1.85 bits per heavy atom. The molecule has 0 aliphatic heterocycles. The minimum absolute atomic E-state index is 0.0192. The van der Waals surface area contributed by atoms with Crippen LogP contribution in [0, 0.1) is 0 Å². The van der Waals surface area contributed by atoms with Crippen molar-refractivity contribution in [3.05, 3.63) is 41.6 Å². The van der Waals surface area contributed by atoms with Gasteiger partial charge in [0.2, 0.25) is 0 Å². The highest BCUT2D eigenvalue weighted by Gasteiger charge is 2.12. The van der Waals surface area contributed by atoms with Crippen molar-refractivity contribution >= 4 is 17.6 Å². The molecule has 0 saturated heterocycles. The van der Waals surface area contributed by atoms with Gasteiger partial charge in [-0.05, 0) is 24.1 Å². The van der Waals surface area contributed by atoms with Crippen LogP contribution in [0.3, 0.4) is 0 Å². The summed E-state index contributed by atoms with van der Waals surface area (Å²) in [5.74, 6) is -1.33. The Bertz CT molecular complexity index is 493. The van der Waals surface area contributed by atoms with Gasteiger partial charge in [0.15, 0.2) is 0 Å². The van der Waals surface area contributed by atoms with Gasteiger partial charge in [0.1, 0.15) is 5.70 Å². The molecule has 0 fully saturated rings. The van der Waals surface area contributed by atoms with Gasteiger partial charge in [-0.1, -0.05) is 12.1 Å². The molecular formula is C14H17NO5. The number of carbonyl (C=O) groups excluding carboxylic acids is 2. The molecule has 6 heteroatoms. The molecule has 1 aromatic carbocycles. The predicted octanol–water partition coefficient (Wildman–Crippen LogP) is 0.863. The number of aliphatic hydroxyl groups is 1. The Balaban J connectivity index is 2.86. The van der Waals surface area contributed by atoms with E-state index in [9.17, 15) is 9.59 Å². The standard InChI is InChI=1S/C14H17NO5/c1-19-13(17)9-12(14(18)20-2)15-11-5-3-10(4-6-11)7-8-16/h3-6,9,15-16H,7-8H2,1-2H3/b12-9+. The van der Waals surface area contributed by atoms with E-state index in [0.29, 0.717) is 12.1 Å². The van der Waals surface area contributed by atoms with Gasteiger partial charge >= 0.3 is 11.9 Å². The molecular weight excluding hydrogens is 262 g/mol. The van der Waals surface area contributed by atoms with Crippen LogP contribution in [-0.2, 0) is 25.5 Å². The molecule has 0 unspecified atom stereocenters. The van der Waals surface area contributed by atoms with Crippen molar-refractivity contribution < 1.29 is 24.2 Å². The van der Waals surface area contributed by atoms with Crippen LogP contribution in [0.15, 0.2) is 36.0 Å². The second kappa shape index (κ2) is 7.96. The van der Waals surface area contributed by atoms with E-state index in [0.717, 1.165) is 11.6 Å². The molecule has 0 saturated carbocycles.